The van der Waals surface area contributed by atoms with Crippen LogP contribution in [0.25, 0.3) is 0 Å². The average molecular weight is 543 g/mol. The lowest BCUT2D eigenvalue weighted by Gasteiger charge is -2.13. The molecule has 1 heterocycles. The Morgan fingerprint density at radius 1 is 1.11 bits per heavy atom. The number of methoxy groups -OCH3 is 1. The zero-order valence-corrected chi connectivity index (χ0v) is 20.5. The van der Waals surface area contributed by atoms with Crippen LogP contribution in [0.2, 0.25) is 0 Å². The molecule has 0 saturated carbocycles. The second-order valence-corrected chi connectivity index (χ2v) is 8.05. The van der Waals surface area contributed by atoms with Gasteiger partial charge in [-0.25, -0.2) is 5.43 Å². The van der Waals surface area contributed by atoms with Crippen LogP contribution in [0.15, 0.2) is 68.8 Å². The van der Waals surface area contributed by atoms with Crippen LogP contribution in [0, 0.1) is 6.92 Å². The first-order valence-corrected chi connectivity index (χ1v) is 11.2. The monoisotopic (exact) mass is 542 g/mol. The fourth-order valence-corrected chi connectivity index (χ4v) is 3.38. The van der Waals surface area contributed by atoms with E-state index in [1.165, 1.54) is 19.6 Å². The molecule has 3 amide bonds. The number of carbonyl (C=O) groups excluding carboxylic acids is 3. The molecule has 0 spiro atoms. The first-order valence-electron chi connectivity index (χ1n) is 10.4. The molecular formula is C24H23BrN4O6. The van der Waals surface area contributed by atoms with Crippen molar-refractivity contribution in [3.05, 3.63) is 76.2 Å². The first-order chi connectivity index (χ1) is 16.9. The van der Waals surface area contributed by atoms with Gasteiger partial charge in [0.05, 0.1) is 30.6 Å². The Kier molecular flexibility index (Phi) is 9.02. The van der Waals surface area contributed by atoms with Crippen LogP contribution in [0.5, 0.6) is 11.5 Å². The van der Waals surface area contributed by atoms with Crippen LogP contribution in [-0.2, 0) is 20.9 Å². The summed E-state index contributed by atoms with van der Waals surface area (Å²) in [4.78, 5) is 35.9. The minimum Gasteiger partial charge on any atom is -0.493 e. The summed E-state index contributed by atoms with van der Waals surface area (Å²) in [7, 11) is 1.45. The molecule has 0 unspecified atom stereocenters. The van der Waals surface area contributed by atoms with E-state index in [2.05, 4.69) is 37.1 Å². The minimum atomic E-state index is -0.932. The van der Waals surface area contributed by atoms with Crippen LogP contribution < -0.4 is 25.5 Å². The molecular weight excluding hydrogens is 520 g/mol. The van der Waals surface area contributed by atoms with Gasteiger partial charge in [-0.2, -0.15) is 5.10 Å². The van der Waals surface area contributed by atoms with Crippen molar-refractivity contribution >= 4 is 45.6 Å². The van der Waals surface area contributed by atoms with Crippen molar-refractivity contribution in [3.63, 3.8) is 0 Å². The number of nitrogens with zero attached hydrogens (tertiary/aromatic N) is 1. The molecule has 0 aliphatic rings. The van der Waals surface area contributed by atoms with Crippen molar-refractivity contribution in [2.45, 2.75) is 13.5 Å². The Morgan fingerprint density at radius 2 is 1.89 bits per heavy atom. The Labute approximate surface area is 209 Å². The molecule has 3 N–H and O–H groups in total. The zero-order chi connectivity index (χ0) is 25.2. The zero-order valence-electron chi connectivity index (χ0n) is 19.0. The molecule has 3 rings (SSSR count). The van der Waals surface area contributed by atoms with Gasteiger partial charge in [-0.05, 0) is 64.8 Å². The van der Waals surface area contributed by atoms with E-state index in [0.29, 0.717) is 33.0 Å². The molecule has 0 atom stereocenters. The third-order valence-electron chi connectivity index (χ3n) is 4.52. The van der Waals surface area contributed by atoms with E-state index in [1.807, 2.05) is 19.1 Å². The summed E-state index contributed by atoms with van der Waals surface area (Å²) in [5.74, 6) is -0.942. The van der Waals surface area contributed by atoms with Gasteiger partial charge in [-0.1, -0.05) is 17.7 Å². The Balaban J connectivity index is 1.54. The van der Waals surface area contributed by atoms with Gasteiger partial charge in [0.25, 0.3) is 5.91 Å². The largest absolute Gasteiger partial charge is 0.493 e. The number of rotatable bonds is 9. The number of hydrogen-bond acceptors (Lipinski definition) is 7. The maximum atomic E-state index is 12.2. The lowest BCUT2D eigenvalue weighted by Crippen LogP contribution is -2.37. The quantitative estimate of drug-likeness (QED) is 0.216. The highest BCUT2D eigenvalue weighted by molar-refractivity contribution is 9.10. The van der Waals surface area contributed by atoms with E-state index in [9.17, 15) is 14.4 Å². The van der Waals surface area contributed by atoms with Crippen LogP contribution in [0.3, 0.4) is 0 Å². The maximum Gasteiger partial charge on any atom is 0.329 e. The first kappa shape index (κ1) is 25.5. The molecule has 182 valence electrons. The normalized spacial score (nSPS) is 10.6. The van der Waals surface area contributed by atoms with Gasteiger partial charge in [0.15, 0.2) is 18.1 Å². The van der Waals surface area contributed by atoms with Gasteiger partial charge >= 0.3 is 11.8 Å². The summed E-state index contributed by atoms with van der Waals surface area (Å²) in [5.41, 5.74) is 4.44. The number of hydrazone groups is 1. The summed E-state index contributed by atoms with van der Waals surface area (Å²) in [6.45, 7) is 1.80. The lowest BCUT2D eigenvalue weighted by molar-refractivity contribution is -0.139. The average Bonchev–Trinajstić information content (AvgIpc) is 3.36. The number of hydrogen-bond donors (Lipinski definition) is 3. The van der Waals surface area contributed by atoms with E-state index in [1.54, 1.807) is 36.4 Å². The second-order valence-electron chi connectivity index (χ2n) is 7.20. The smallest absolute Gasteiger partial charge is 0.329 e. The van der Waals surface area contributed by atoms with E-state index < -0.39 is 11.8 Å². The molecule has 1 aromatic heterocycles. The molecule has 2 aromatic carbocycles. The third-order valence-corrected chi connectivity index (χ3v) is 5.11. The van der Waals surface area contributed by atoms with Gasteiger partial charge in [-0.15, -0.1) is 0 Å². The number of aryl methyl sites for hydroxylation is 1. The molecule has 0 saturated heterocycles. The van der Waals surface area contributed by atoms with Gasteiger partial charge in [0.2, 0.25) is 0 Å². The van der Waals surface area contributed by atoms with Gasteiger partial charge < -0.3 is 24.5 Å². The molecule has 0 aliphatic heterocycles. The number of furan rings is 1. The van der Waals surface area contributed by atoms with Crippen molar-refractivity contribution in [3.8, 4) is 11.5 Å². The Bertz CT molecular complexity index is 1210. The molecule has 0 aliphatic carbocycles. The summed E-state index contributed by atoms with van der Waals surface area (Å²) < 4.78 is 16.6. The van der Waals surface area contributed by atoms with Crippen LogP contribution in [0.4, 0.5) is 5.69 Å². The summed E-state index contributed by atoms with van der Waals surface area (Å²) in [5, 5.41) is 8.96. The summed E-state index contributed by atoms with van der Waals surface area (Å²) in [6, 6.07) is 14.0. The van der Waals surface area contributed by atoms with Crippen molar-refractivity contribution in [2.24, 2.45) is 5.10 Å². The molecule has 10 nitrogen and oxygen atoms in total. The van der Waals surface area contributed by atoms with E-state index >= 15 is 0 Å². The summed E-state index contributed by atoms with van der Waals surface area (Å²) in [6.07, 6.45) is 2.80. The fourth-order valence-electron chi connectivity index (χ4n) is 2.80. The van der Waals surface area contributed by atoms with Crippen molar-refractivity contribution < 1.29 is 28.3 Å². The van der Waals surface area contributed by atoms with Gasteiger partial charge in [0, 0.05) is 5.69 Å². The predicted octanol–water partition coefficient (Wildman–Crippen LogP) is 3.14. The standard InChI is InChI=1S/C24H23BrN4O6/c1-15-5-7-17(8-6-15)28-21(30)14-35-22-19(25)10-16(11-20(22)33-2)12-27-29-24(32)23(31)26-13-18-4-3-9-34-18/h3-12H,13-14H2,1-2H3,(H,26,31)(H,28,30)(H,29,32)/b27-12-. The van der Waals surface area contributed by atoms with Crippen LogP contribution in [-0.4, -0.2) is 37.7 Å². The minimum absolute atomic E-state index is 0.0810. The number of nitrogens with one attached hydrogen (secondary N) is 3. The SMILES string of the molecule is COc1cc(/C=N\NC(=O)C(=O)NCc2ccco2)cc(Br)c1OCC(=O)Nc1ccc(C)cc1. The molecule has 0 bridgehead atoms. The highest BCUT2D eigenvalue weighted by atomic mass is 79.9. The Morgan fingerprint density at radius 3 is 2.57 bits per heavy atom. The second kappa shape index (κ2) is 12.4. The molecule has 11 heteroatoms. The van der Waals surface area contributed by atoms with E-state index in [0.717, 1.165) is 5.56 Å². The van der Waals surface area contributed by atoms with Gasteiger partial charge in [-0.3, -0.25) is 14.4 Å². The van der Waals surface area contributed by atoms with Gasteiger partial charge in [0.1, 0.15) is 5.76 Å². The highest BCUT2D eigenvalue weighted by Gasteiger charge is 2.15. The number of carbonyl (C=O) groups is 3. The topological polar surface area (TPSA) is 131 Å². The van der Waals surface area contributed by atoms with E-state index in [-0.39, 0.29) is 19.1 Å². The summed E-state index contributed by atoms with van der Waals surface area (Å²) >= 11 is 3.39. The van der Waals surface area contributed by atoms with Crippen LogP contribution >= 0.6 is 15.9 Å². The number of halogens is 1. The molecule has 35 heavy (non-hydrogen) atoms. The number of anilines is 1. The maximum absolute atomic E-state index is 12.2. The highest BCUT2D eigenvalue weighted by Crippen LogP contribution is 2.36. The molecule has 3 aromatic rings. The van der Waals surface area contributed by atoms with Crippen molar-refractivity contribution in [1.29, 1.82) is 0 Å². The number of benzene rings is 2. The number of ether oxygens (including phenoxy) is 2. The Hall–Kier alpha value is -4.12. The van der Waals surface area contributed by atoms with Crippen LogP contribution in [0.1, 0.15) is 16.9 Å². The van der Waals surface area contributed by atoms with Crippen molar-refractivity contribution in [2.75, 3.05) is 19.0 Å². The predicted molar refractivity (Wildman–Crippen MR) is 132 cm³/mol. The van der Waals surface area contributed by atoms with Crippen molar-refractivity contribution in [1.82, 2.24) is 10.7 Å². The molecule has 0 fully saturated rings. The lowest BCUT2D eigenvalue weighted by atomic mass is 10.2. The third kappa shape index (κ3) is 7.71. The fraction of sp³-hybridized carbons (Fsp3) is 0.167. The van der Waals surface area contributed by atoms with E-state index in [4.69, 9.17) is 13.9 Å². The number of amides is 3. The molecule has 0 radical (unpaired) electrons.